The van der Waals surface area contributed by atoms with Crippen LogP contribution in [0.3, 0.4) is 0 Å². The highest BCUT2D eigenvalue weighted by Crippen LogP contribution is 2.23. The predicted octanol–water partition coefficient (Wildman–Crippen LogP) is 2.67. The highest BCUT2D eigenvalue weighted by atomic mass is 32.1. The van der Waals surface area contributed by atoms with E-state index in [2.05, 4.69) is 29.1 Å². The summed E-state index contributed by atoms with van der Waals surface area (Å²) in [6.07, 6.45) is 2.60. The molecule has 0 saturated carbocycles. The van der Waals surface area contributed by atoms with Gasteiger partial charge >= 0.3 is 0 Å². The lowest BCUT2D eigenvalue weighted by Gasteiger charge is -2.33. The molecule has 6 heteroatoms. The second kappa shape index (κ2) is 6.20. The van der Waals surface area contributed by atoms with Crippen molar-refractivity contribution in [2.24, 2.45) is 0 Å². The van der Waals surface area contributed by atoms with Gasteiger partial charge in [-0.3, -0.25) is 4.79 Å². The van der Waals surface area contributed by atoms with E-state index in [0.29, 0.717) is 6.42 Å². The van der Waals surface area contributed by atoms with Gasteiger partial charge in [0, 0.05) is 22.8 Å². The molecule has 0 N–H and O–H groups in total. The van der Waals surface area contributed by atoms with Gasteiger partial charge in [0.15, 0.2) is 0 Å². The lowest BCUT2D eigenvalue weighted by atomic mass is 10.1. The summed E-state index contributed by atoms with van der Waals surface area (Å²) in [5.41, 5.74) is 0. The summed E-state index contributed by atoms with van der Waals surface area (Å²) < 4.78 is 1.99. The summed E-state index contributed by atoms with van der Waals surface area (Å²) in [6.45, 7) is 7.56. The maximum atomic E-state index is 12.5. The van der Waals surface area contributed by atoms with Crippen LogP contribution in [0.4, 0.5) is 0 Å². The molecule has 0 aliphatic carbocycles. The first kappa shape index (κ1) is 15.2. The molecule has 3 heterocycles. The fourth-order valence-electron chi connectivity index (χ4n) is 3.10. The average Bonchev–Trinajstić information content (AvgIpc) is 3.04. The molecule has 3 rings (SSSR count). The van der Waals surface area contributed by atoms with Crippen LogP contribution in [0.5, 0.6) is 0 Å². The van der Waals surface area contributed by atoms with E-state index in [4.69, 9.17) is 0 Å². The van der Waals surface area contributed by atoms with Gasteiger partial charge in [0.25, 0.3) is 0 Å². The third kappa shape index (κ3) is 3.21. The highest BCUT2D eigenvalue weighted by Gasteiger charge is 2.26. The molecule has 2 aromatic rings. The first-order valence-corrected chi connectivity index (χ1v) is 8.57. The minimum absolute atomic E-state index is 0.223. The topological polar surface area (TPSA) is 51.0 Å². The zero-order chi connectivity index (χ0) is 15.7. The van der Waals surface area contributed by atoms with Crippen molar-refractivity contribution in [3.8, 4) is 0 Å². The second-order valence-electron chi connectivity index (χ2n) is 5.98. The Balaban J connectivity index is 1.67. The van der Waals surface area contributed by atoms with Gasteiger partial charge in [-0.1, -0.05) is 0 Å². The Labute approximate surface area is 135 Å². The zero-order valence-electron chi connectivity index (χ0n) is 13.4. The van der Waals surface area contributed by atoms with Crippen LogP contribution in [-0.4, -0.2) is 38.7 Å². The van der Waals surface area contributed by atoms with Crippen molar-refractivity contribution in [1.82, 2.24) is 19.7 Å². The van der Waals surface area contributed by atoms with Gasteiger partial charge in [-0.15, -0.1) is 11.3 Å². The number of carbonyl (C=O) groups excluding carboxylic acids is 1. The van der Waals surface area contributed by atoms with Crippen molar-refractivity contribution >= 4 is 17.2 Å². The first-order valence-electron chi connectivity index (χ1n) is 7.76. The Morgan fingerprint density at radius 1 is 1.36 bits per heavy atom. The summed E-state index contributed by atoms with van der Waals surface area (Å²) in [5, 5.41) is 4.48. The van der Waals surface area contributed by atoms with E-state index in [0.717, 1.165) is 42.5 Å². The van der Waals surface area contributed by atoms with E-state index >= 15 is 0 Å². The van der Waals surface area contributed by atoms with Gasteiger partial charge in [0.2, 0.25) is 5.91 Å². The van der Waals surface area contributed by atoms with Crippen molar-refractivity contribution in [1.29, 1.82) is 0 Å². The molecule has 0 radical (unpaired) electrons. The SMILES string of the molecule is Cc1nc(C)n([C@@H]2CCCN(C(=O)Cc3ccc(C)s3)C2)n1. The monoisotopic (exact) mass is 318 g/mol. The number of likely N-dealkylation sites (tertiary alicyclic amines) is 1. The molecule has 1 saturated heterocycles. The number of hydrogen-bond acceptors (Lipinski definition) is 4. The van der Waals surface area contributed by atoms with E-state index in [-0.39, 0.29) is 11.9 Å². The van der Waals surface area contributed by atoms with E-state index < -0.39 is 0 Å². The van der Waals surface area contributed by atoms with Crippen molar-refractivity contribution < 1.29 is 4.79 Å². The van der Waals surface area contributed by atoms with Crippen LogP contribution in [0.15, 0.2) is 12.1 Å². The van der Waals surface area contributed by atoms with Gasteiger partial charge in [0.1, 0.15) is 11.6 Å². The molecular formula is C16H22N4OS. The number of nitrogens with zero attached hydrogens (tertiary/aromatic N) is 4. The van der Waals surface area contributed by atoms with Crippen LogP contribution in [-0.2, 0) is 11.2 Å². The van der Waals surface area contributed by atoms with E-state index in [9.17, 15) is 4.79 Å². The van der Waals surface area contributed by atoms with Crippen molar-refractivity contribution in [2.45, 2.75) is 46.1 Å². The maximum absolute atomic E-state index is 12.5. The normalized spacial score (nSPS) is 18.7. The summed E-state index contributed by atoms with van der Waals surface area (Å²) in [7, 11) is 0. The number of carbonyl (C=O) groups is 1. The number of piperidine rings is 1. The molecule has 1 aliphatic heterocycles. The van der Waals surface area contributed by atoms with E-state index in [1.807, 2.05) is 23.4 Å². The Hall–Kier alpha value is -1.69. The zero-order valence-corrected chi connectivity index (χ0v) is 14.2. The molecule has 0 bridgehead atoms. The van der Waals surface area contributed by atoms with Crippen LogP contribution in [0, 0.1) is 20.8 Å². The van der Waals surface area contributed by atoms with Crippen molar-refractivity contribution in [2.75, 3.05) is 13.1 Å². The average molecular weight is 318 g/mol. The van der Waals surface area contributed by atoms with E-state index in [1.165, 1.54) is 4.88 Å². The number of aromatic nitrogens is 3. The van der Waals surface area contributed by atoms with Gasteiger partial charge in [0.05, 0.1) is 12.5 Å². The fraction of sp³-hybridized carbons (Fsp3) is 0.562. The standard InChI is InChI=1S/C16H22N4OS/c1-11-6-7-15(22-11)9-16(21)19-8-4-5-14(10-19)20-13(3)17-12(2)18-20/h6-7,14H,4-5,8-10H2,1-3H3/t14-/m1/s1. The number of aryl methyl sites for hydroxylation is 3. The number of thiophene rings is 1. The maximum Gasteiger partial charge on any atom is 0.227 e. The molecule has 1 fully saturated rings. The predicted molar refractivity (Wildman–Crippen MR) is 87.1 cm³/mol. The summed E-state index contributed by atoms with van der Waals surface area (Å²) in [6, 6.07) is 4.39. The second-order valence-corrected chi connectivity index (χ2v) is 7.35. The van der Waals surface area contributed by atoms with Gasteiger partial charge < -0.3 is 4.90 Å². The van der Waals surface area contributed by atoms with Crippen LogP contribution in [0.25, 0.3) is 0 Å². The largest absolute Gasteiger partial charge is 0.340 e. The van der Waals surface area contributed by atoms with Gasteiger partial charge in [-0.2, -0.15) is 5.10 Å². The van der Waals surface area contributed by atoms with Crippen LogP contribution in [0.2, 0.25) is 0 Å². The molecule has 0 unspecified atom stereocenters. The van der Waals surface area contributed by atoms with Gasteiger partial charge in [-0.25, -0.2) is 9.67 Å². The molecule has 2 aromatic heterocycles. The smallest absolute Gasteiger partial charge is 0.227 e. The molecule has 1 atom stereocenters. The molecular weight excluding hydrogens is 296 g/mol. The Bertz CT molecular complexity index is 675. The first-order chi connectivity index (χ1) is 10.5. The third-order valence-electron chi connectivity index (χ3n) is 4.12. The fourth-order valence-corrected chi connectivity index (χ4v) is 3.99. The quantitative estimate of drug-likeness (QED) is 0.874. The highest BCUT2D eigenvalue weighted by molar-refractivity contribution is 7.12. The van der Waals surface area contributed by atoms with E-state index in [1.54, 1.807) is 11.3 Å². The minimum atomic E-state index is 0.223. The van der Waals surface area contributed by atoms with Gasteiger partial charge in [-0.05, 0) is 45.7 Å². The lowest BCUT2D eigenvalue weighted by molar-refractivity contribution is -0.132. The Kier molecular flexibility index (Phi) is 4.29. The number of amides is 1. The third-order valence-corrected chi connectivity index (χ3v) is 5.12. The van der Waals surface area contributed by atoms with Crippen LogP contribution in [0.1, 0.15) is 40.3 Å². The van der Waals surface area contributed by atoms with Crippen LogP contribution < -0.4 is 0 Å². The number of hydrogen-bond donors (Lipinski definition) is 0. The minimum Gasteiger partial charge on any atom is -0.340 e. The van der Waals surface area contributed by atoms with Crippen LogP contribution >= 0.6 is 11.3 Å². The molecule has 1 aliphatic rings. The molecule has 118 valence electrons. The molecule has 0 aromatic carbocycles. The molecule has 5 nitrogen and oxygen atoms in total. The Morgan fingerprint density at radius 3 is 2.82 bits per heavy atom. The summed E-state index contributed by atoms with van der Waals surface area (Å²) in [5.74, 6) is 1.96. The molecule has 1 amide bonds. The van der Waals surface area contributed by atoms with Crippen molar-refractivity contribution in [3.63, 3.8) is 0 Å². The molecule has 22 heavy (non-hydrogen) atoms. The Morgan fingerprint density at radius 2 is 2.18 bits per heavy atom. The van der Waals surface area contributed by atoms with Crippen molar-refractivity contribution in [3.05, 3.63) is 33.5 Å². The summed E-state index contributed by atoms with van der Waals surface area (Å²) >= 11 is 1.71. The number of rotatable bonds is 3. The molecule has 0 spiro atoms. The lowest BCUT2D eigenvalue weighted by Crippen LogP contribution is -2.41. The summed E-state index contributed by atoms with van der Waals surface area (Å²) in [4.78, 5) is 21.3.